The Morgan fingerprint density at radius 3 is 2.64 bits per heavy atom. The van der Waals surface area contributed by atoms with E-state index in [-0.39, 0.29) is 18.9 Å². The number of carboxylic acids is 1. The van der Waals surface area contributed by atoms with Crippen LogP contribution in [0.1, 0.15) is 25.3 Å². The molecule has 0 aliphatic heterocycles. The van der Waals surface area contributed by atoms with E-state index in [0.717, 1.165) is 11.1 Å². The number of fused-ring (bicyclic) bond motifs is 1. The van der Waals surface area contributed by atoms with Gasteiger partial charge in [0.1, 0.15) is 0 Å². The lowest BCUT2D eigenvalue weighted by molar-refractivity contribution is -0.138. The van der Waals surface area contributed by atoms with Gasteiger partial charge in [-0.3, -0.25) is 9.59 Å². The molecule has 5 nitrogen and oxygen atoms in total. The SMILES string of the molecule is CCN(CCC(=O)O)C(=O)CCc1cn(C)c2ccccc12. The van der Waals surface area contributed by atoms with Gasteiger partial charge in [-0.05, 0) is 25.0 Å². The summed E-state index contributed by atoms with van der Waals surface area (Å²) in [6.07, 6.45) is 3.13. The van der Waals surface area contributed by atoms with E-state index in [1.165, 1.54) is 5.39 Å². The standard InChI is InChI=1S/C17H22N2O3/c1-3-19(11-10-17(21)22)16(20)9-8-13-12-18(2)15-7-5-4-6-14(13)15/h4-7,12H,3,8-11H2,1-2H3,(H,21,22). The quantitative estimate of drug-likeness (QED) is 0.854. The maximum atomic E-state index is 12.2. The van der Waals surface area contributed by atoms with Crippen molar-refractivity contribution >= 4 is 22.8 Å². The van der Waals surface area contributed by atoms with Crippen LogP contribution in [0, 0.1) is 0 Å². The van der Waals surface area contributed by atoms with Crippen molar-refractivity contribution in [2.45, 2.75) is 26.2 Å². The van der Waals surface area contributed by atoms with E-state index in [1.807, 2.05) is 26.1 Å². The third-order valence-electron chi connectivity index (χ3n) is 3.92. The summed E-state index contributed by atoms with van der Waals surface area (Å²) < 4.78 is 2.07. The van der Waals surface area contributed by atoms with Gasteiger partial charge in [0, 0.05) is 43.7 Å². The molecule has 1 N–H and O–H groups in total. The molecule has 0 saturated carbocycles. The number of carbonyl (C=O) groups excluding carboxylic acids is 1. The molecule has 0 atom stereocenters. The zero-order chi connectivity index (χ0) is 16.1. The number of hydrogen-bond acceptors (Lipinski definition) is 2. The Bertz CT molecular complexity index is 676. The first-order valence-electron chi connectivity index (χ1n) is 7.55. The molecule has 5 heteroatoms. The van der Waals surface area contributed by atoms with Crippen LogP contribution in [0.25, 0.3) is 10.9 Å². The molecular weight excluding hydrogens is 280 g/mol. The van der Waals surface area contributed by atoms with Gasteiger partial charge in [0.15, 0.2) is 0 Å². The molecular formula is C17H22N2O3. The Hall–Kier alpha value is -2.30. The average Bonchev–Trinajstić information content (AvgIpc) is 2.82. The Morgan fingerprint density at radius 1 is 1.23 bits per heavy atom. The fraction of sp³-hybridized carbons (Fsp3) is 0.412. The van der Waals surface area contributed by atoms with Gasteiger partial charge in [0.2, 0.25) is 5.91 Å². The van der Waals surface area contributed by atoms with Crippen molar-refractivity contribution < 1.29 is 14.7 Å². The van der Waals surface area contributed by atoms with Gasteiger partial charge in [-0.15, -0.1) is 0 Å². The number of aryl methyl sites for hydroxylation is 2. The van der Waals surface area contributed by atoms with Crippen molar-refractivity contribution in [1.82, 2.24) is 9.47 Å². The van der Waals surface area contributed by atoms with E-state index in [1.54, 1.807) is 4.90 Å². The van der Waals surface area contributed by atoms with E-state index in [2.05, 4.69) is 22.9 Å². The van der Waals surface area contributed by atoms with Crippen LogP contribution in [-0.2, 0) is 23.1 Å². The lowest BCUT2D eigenvalue weighted by Crippen LogP contribution is -2.32. The van der Waals surface area contributed by atoms with Crippen molar-refractivity contribution in [3.63, 3.8) is 0 Å². The number of carboxylic acid groups (broad SMARTS) is 1. The molecule has 0 aliphatic rings. The first-order valence-corrected chi connectivity index (χ1v) is 7.55. The van der Waals surface area contributed by atoms with Crippen LogP contribution < -0.4 is 0 Å². The molecule has 0 bridgehead atoms. The number of para-hydroxylation sites is 1. The summed E-state index contributed by atoms with van der Waals surface area (Å²) in [5.41, 5.74) is 2.31. The highest BCUT2D eigenvalue weighted by Gasteiger charge is 2.14. The average molecular weight is 302 g/mol. The zero-order valence-corrected chi connectivity index (χ0v) is 13.1. The minimum atomic E-state index is -0.875. The van der Waals surface area contributed by atoms with E-state index in [0.29, 0.717) is 19.4 Å². The van der Waals surface area contributed by atoms with Crippen molar-refractivity contribution in [3.8, 4) is 0 Å². The smallest absolute Gasteiger partial charge is 0.305 e. The second kappa shape index (κ2) is 7.11. The molecule has 0 spiro atoms. The molecule has 22 heavy (non-hydrogen) atoms. The van der Waals surface area contributed by atoms with Crippen molar-refractivity contribution in [1.29, 1.82) is 0 Å². The van der Waals surface area contributed by atoms with Crippen LogP contribution in [0.3, 0.4) is 0 Å². The van der Waals surface area contributed by atoms with Gasteiger partial charge in [-0.1, -0.05) is 18.2 Å². The van der Waals surface area contributed by atoms with Crippen LogP contribution in [0.5, 0.6) is 0 Å². The number of benzene rings is 1. The maximum absolute atomic E-state index is 12.2. The van der Waals surface area contributed by atoms with E-state index in [9.17, 15) is 9.59 Å². The largest absolute Gasteiger partial charge is 0.481 e. The number of aliphatic carboxylic acids is 1. The lowest BCUT2D eigenvalue weighted by atomic mass is 10.1. The van der Waals surface area contributed by atoms with Crippen molar-refractivity contribution in [2.75, 3.05) is 13.1 Å². The highest BCUT2D eigenvalue weighted by molar-refractivity contribution is 5.85. The Morgan fingerprint density at radius 2 is 1.95 bits per heavy atom. The van der Waals surface area contributed by atoms with Gasteiger partial charge in [0.25, 0.3) is 0 Å². The summed E-state index contributed by atoms with van der Waals surface area (Å²) >= 11 is 0. The van der Waals surface area contributed by atoms with Crippen LogP contribution in [0.4, 0.5) is 0 Å². The minimum absolute atomic E-state index is 0.00610. The van der Waals surface area contributed by atoms with Gasteiger partial charge in [-0.2, -0.15) is 0 Å². The summed E-state index contributed by atoms with van der Waals surface area (Å²) in [6.45, 7) is 2.69. The molecule has 0 saturated heterocycles. The first kappa shape index (κ1) is 16.1. The third-order valence-corrected chi connectivity index (χ3v) is 3.92. The topological polar surface area (TPSA) is 62.5 Å². The number of aromatic nitrogens is 1. The van der Waals surface area contributed by atoms with Gasteiger partial charge < -0.3 is 14.6 Å². The fourth-order valence-electron chi connectivity index (χ4n) is 2.71. The molecule has 1 amide bonds. The number of carbonyl (C=O) groups is 2. The van der Waals surface area contributed by atoms with E-state index < -0.39 is 5.97 Å². The molecule has 1 heterocycles. The van der Waals surface area contributed by atoms with Crippen LogP contribution in [0.15, 0.2) is 30.5 Å². The normalized spacial score (nSPS) is 10.8. The molecule has 0 fully saturated rings. The Kier molecular flexibility index (Phi) is 5.20. The van der Waals surface area contributed by atoms with Crippen LogP contribution in [-0.4, -0.2) is 39.5 Å². The summed E-state index contributed by atoms with van der Waals surface area (Å²) in [5.74, 6) is -0.864. The van der Waals surface area contributed by atoms with Crippen molar-refractivity contribution in [2.24, 2.45) is 7.05 Å². The zero-order valence-electron chi connectivity index (χ0n) is 13.1. The van der Waals surface area contributed by atoms with Crippen LogP contribution in [0.2, 0.25) is 0 Å². The van der Waals surface area contributed by atoms with Crippen molar-refractivity contribution in [3.05, 3.63) is 36.0 Å². The monoisotopic (exact) mass is 302 g/mol. The Balaban J connectivity index is 2.01. The maximum Gasteiger partial charge on any atom is 0.305 e. The number of amides is 1. The number of nitrogens with zero attached hydrogens (tertiary/aromatic N) is 2. The molecule has 2 aromatic rings. The summed E-state index contributed by atoms with van der Waals surface area (Å²) in [5, 5.41) is 9.90. The van der Waals surface area contributed by atoms with Gasteiger partial charge >= 0.3 is 5.97 Å². The number of rotatable bonds is 7. The first-order chi connectivity index (χ1) is 10.5. The minimum Gasteiger partial charge on any atom is -0.481 e. The molecule has 0 unspecified atom stereocenters. The third kappa shape index (κ3) is 3.67. The number of hydrogen-bond donors (Lipinski definition) is 1. The fourth-order valence-corrected chi connectivity index (χ4v) is 2.71. The van der Waals surface area contributed by atoms with E-state index >= 15 is 0 Å². The van der Waals surface area contributed by atoms with Crippen LogP contribution >= 0.6 is 0 Å². The lowest BCUT2D eigenvalue weighted by Gasteiger charge is -2.19. The van der Waals surface area contributed by atoms with Gasteiger partial charge in [-0.25, -0.2) is 0 Å². The summed E-state index contributed by atoms with van der Waals surface area (Å²) in [4.78, 5) is 24.5. The Labute approximate surface area is 130 Å². The summed E-state index contributed by atoms with van der Waals surface area (Å²) in [7, 11) is 2.00. The molecule has 118 valence electrons. The predicted molar refractivity (Wildman–Crippen MR) is 85.7 cm³/mol. The van der Waals surface area contributed by atoms with Gasteiger partial charge in [0.05, 0.1) is 6.42 Å². The molecule has 1 aromatic heterocycles. The summed E-state index contributed by atoms with van der Waals surface area (Å²) in [6, 6.07) is 8.13. The highest BCUT2D eigenvalue weighted by Crippen LogP contribution is 2.21. The van der Waals surface area contributed by atoms with E-state index in [4.69, 9.17) is 5.11 Å². The molecule has 0 radical (unpaired) electrons. The highest BCUT2D eigenvalue weighted by atomic mass is 16.4. The molecule has 0 aliphatic carbocycles. The second-order valence-electron chi connectivity index (χ2n) is 5.40. The second-order valence-corrected chi connectivity index (χ2v) is 5.40. The predicted octanol–water partition coefficient (Wildman–Crippen LogP) is 2.43. The molecule has 2 rings (SSSR count). The molecule has 1 aromatic carbocycles.